The van der Waals surface area contributed by atoms with E-state index in [0.717, 1.165) is 11.9 Å². The third kappa shape index (κ3) is 2.54. The quantitative estimate of drug-likeness (QED) is 0.799. The van der Waals surface area contributed by atoms with Crippen molar-refractivity contribution in [3.05, 3.63) is 65.2 Å². The molecule has 0 aliphatic carbocycles. The fraction of sp³-hybridized carbons (Fsp3) is 0.294. The molecule has 0 saturated carbocycles. The molecule has 4 heteroatoms. The smallest absolute Gasteiger partial charge is 0.0892 e. The molecule has 108 valence electrons. The van der Waals surface area contributed by atoms with Crippen LogP contribution in [0.5, 0.6) is 0 Å². The Balaban J connectivity index is 1.99. The number of nitrogens with zero attached hydrogens (tertiary/aromatic N) is 3. The van der Waals surface area contributed by atoms with E-state index in [1.54, 1.807) is 6.20 Å². The van der Waals surface area contributed by atoms with E-state index in [0.29, 0.717) is 0 Å². The Morgan fingerprint density at radius 1 is 1.19 bits per heavy atom. The first-order chi connectivity index (χ1) is 10.2. The van der Waals surface area contributed by atoms with Crippen molar-refractivity contribution in [3.8, 4) is 0 Å². The zero-order valence-corrected chi connectivity index (χ0v) is 12.7. The van der Waals surface area contributed by atoms with Gasteiger partial charge in [-0.3, -0.25) is 4.98 Å². The SMILES string of the molecule is CNC(Cc1c(C)cccc1C)c1cnn2ccncc12. The number of likely N-dealkylation sites (N-methyl/N-ethyl adjacent to an activating group) is 1. The van der Waals surface area contributed by atoms with E-state index >= 15 is 0 Å². The van der Waals surface area contributed by atoms with E-state index in [9.17, 15) is 0 Å². The Morgan fingerprint density at radius 3 is 2.67 bits per heavy atom. The summed E-state index contributed by atoms with van der Waals surface area (Å²) < 4.78 is 1.87. The normalized spacial score (nSPS) is 12.7. The maximum atomic E-state index is 4.41. The predicted octanol–water partition coefficient (Wildman–Crippen LogP) is 2.85. The van der Waals surface area contributed by atoms with Crippen LogP contribution < -0.4 is 5.32 Å². The van der Waals surface area contributed by atoms with Gasteiger partial charge in [-0.2, -0.15) is 5.10 Å². The lowest BCUT2D eigenvalue weighted by Crippen LogP contribution is -2.19. The molecule has 1 unspecified atom stereocenters. The zero-order valence-electron chi connectivity index (χ0n) is 12.7. The van der Waals surface area contributed by atoms with Gasteiger partial charge in [0.05, 0.1) is 17.9 Å². The van der Waals surface area contributed by atoms with Gasteiger partial charge >= 0.3 is 0 Å². The highest BCUT2D eigenvalue weighted by atomic mass is 15.2. The Labute approximate surface area is 124 Å². The summed E-state index contributed by atoms with van der Waals surface area (Å²) in [5, 5.41) is 7.83. The fourth-order valence-electron chi connectivity index (χ4n) is 2.86. The minimum Gasteiger partial charge on any atom is -0.313 e. The molecule has 2 aromatic heterocycles. The van der Waals surface area contributed by atoms with Crippen LogP contribution >= 0.6 is 0 Å². The molecule has 1 N–H and O–H groups in total. The first-order valence-electron chi connectivity index (χ1n) is 7.20. The fourth-order valence-corrected chi connectivity index (χ4v) is 2.86. The molecule has 1 aromatic carbocycles. The molecule has 0 radical (unpaired) electrons. The Hall–Kier alpha value is -2.20. The van der Waals surface area contributed by atoms with Crippen molar-refractivity contribution in [1.82, 2.24) is 19.9 Å². The summed E-state index contributed by atoms with van der Waals surface area (Å²) in [6, 6.07) is 6.69. The third-order valence-corrected chi connectivity index (χ3v) is 4.13. The van der Waals surface area contributed by atoms with E-state index in [1.165, 1.54) is 22.3 Å². The van der Waals surface area contributed by atoms with Gasteiger partial charge in [-0.1, -0.05) is 18.2 Å². The molecule has 21 heavy (non-hydrogen) atoms. The minimum absolute atomic E-state index is 0.228. The van der Waals surface area contributed by atoms with Crippen molar-refractivity contribution in [3.63, 3.8) is 0 Å². The summed E-state index contributed by atoms with van der Waals surface area (Å²) in [5.74, 6) is 0. The summed E-state index contributed by atoms with van der Waals surface area (Å²) in [7, 11) is 2.00. The van der Waals surface area contributed by atoms with E-state index < -0.39 is 0 Å². The van der Waals surface area contributed by atoms with Gasteiger partial charge in [0.2, 0.25) is 0 Å². The molecule has 0 amide bonds. The van der Waals surface area contributed by atoms with Crippen molar-refractivity contribution < 1.29 is 0 Å². The van der Waals surface area contributed by atoms with Crippen LogP contribution in [-0.2, 0) is 6.42 Å². The molecule has 3 aromatic rings. The van der Waals surface area contributed by atoms with E-state index in [-0.39, 0.29) is 6.04 Å². The number of hydrogen-bond acceptors (Lipinski definition) is 3. The second-order valence-electron chi connectivity index (χ2n) is 5.42. The van der Waals surface area contributed by atoms with Crippen LogP contribution in [0.15, 0.2) is 43.0 Å². The number of hydrogen-bond donors (Lipinski definition) is 1. The molecule has 0 spiro atoms. The Morgan fingerprint density at radius 2 is 1.95 bits per heavy atom. The van der Waals surface area contributed by atoms with Crippen LogP contribution in [0.2, 0.25) is 0 Å². The molecule has 4 nitrogen and oxygen atoms in total. The number of rotatable bonds is 4. The van der Waals surface area contributed by atoms with E-state index in [2.05, 4.69) is 47.4 Å². The summed E-state index contributed by atoms with van der Waals surface area (Å²) in [4.78, 5) is 4.22. The number of benzene rings is 1. The minimum atomic E-state index is 0.228. The lowest BCUT2D eigenvalue weighted by atomic mass is 9.93. The molecule has 0 aliphatic heterocycles. The van der Waals surface area contributed by atoms with Gasteiger partial charge in [-0.15, -0.1) is 0 Å². The lowest BCUT2D eigenvalue weighted by molar-refractivity contribution is 0.593. The number of aromatic nitrogens is 3. The summed E-state index contributed by atoms with van der Waals surface area (Å²) in [6.07, 6.45) is 8.39. The molecule has 0 aliphatic rings. The average Bonchev–Trinajstić information content (AvgIpc) is 2.91. The second kappa shape index (κ2) is 5.66. The van der Waals surface area contributed by atoms with Gasteiger partial charge in [0.1, 0.15) is 0 Å². The average molecular weight is 280 g/mol. The first-order valence-corrected chi connectivity index (χ1v) is 7.20. The number of aryl methyl sites for hydroxylation is 2. The van der Waals surface area contributed by atoms with Gasteiger partial charge in [0, 0.05) is 24.0 Å². The maximum absolute atomic E-state index is 4.41. The number of nitrogens with one attached hydrogen (secondary N) is 1. The molecular formula is C17H20N4. The van der Waals surface area contributed by atoms with Crippen LogP contribution in [-0.4, -0.2) is 21.6 Å². The van der Waals surface area contributed by atoms with Crippen molar-refractivity contribution in [1.29, 1.82) is 0 Å². The largest absolute Gasteiger partial charge is 0.313 e. The van der Waals surface area contributed by atoms with Crippen LogP contribution in [0.1, 0.15) is 28.3 Å². The first kappa shape index (κ1) is 13.8. The summed E-state index contributed by atoms with van der Waals surface area (Å²) in [5.41, 5.74) is 6.33. The highest BCUT2D eigenvalue weighted by Gasteiger charge is 2.17. The van der Waals surface area contributed by atoms with Crippen LogP contribution in [0.25, 0.3) is 5.52 Å². The lowest BCUT2D eigenvalue weighted by Gasteiger charge is -2.18. The van der Waals surface area contributed by atoms with Gasteiger partial charge in [0.15, 0.2) is 0 Å². The van der Waals surface area contributed by atoms with Crippen LogP contribution in [0.3, 0.4) is 0 Å². The molecule has 0 fully saturated rings. The molecular weight excluding hydrogens is 260 g/mol. The van der Waals surface area contributed by atoms with Gasteiger partial charge in [0.25, 0.3) is 0 Å². The van der Waals surface area contributed by atoms with Crippen LogP contribution in [0.4, 0.5) is 0 Å². The zero-order chi connectivity index (χ0) is 14.8. The topological polar surface area (TPSA) is 42.2 Å². The molecule has 0 saturated heterocycles. The highest BCUT2D eigenvalue weighted by molar-refractivity contribution is 5.53. The molecule has 0 bridgehead atoms. The van der Waals surface area contributed by atoms with E-state index in [1.807, 2.05) is 30.2 Å². The maximum Gasteiger partial charge on any atom is 0.0892 e. The standard InChI is InChI=1S/C17H20N4/c1-12-5-4-6-13(2)14(12)9-16(18-3)15-10-20-21-8-7-19-11-17(15)21/h4-8,10-11,16,18H,9H2,1-3H3. The van der Waals surface area contributed by atoms with Crippen LogP contribution in [0, 0.1) is 13.8 Å². The van der Waals surface area contributed by atoms with Crippen molar-refractivity contribution in [2.24, 2.45) is 0 Å². The van der Waals surface area contributed by atoms with Crippen molar-refractivity contribution >= 4 is 5.52 Å². The summed E-state index contributed by atoms with van der Waals surface area (Å²) in [6.45, 7) is 4.35. The van der Waals surface area contributed by atoms with Crippen molar-refractivity contribution in [2.75, 3.05) is 7.05 Å². The monoisotopic (exact) mass is 280 g/mol. The third-order valence-electron chi connectivity index (χ3n) is 4.13. The Bertz CT molecular complexity index is 740. The molecule has 1 atom stereocenters. The second-order valence-corrected chi connectivity index (χ2v) is 5.42. The van der Waals surface area contributed by atoms with Gasteiger partial charge in [-0.05, 0) is 44.0 Å². The predicted molar refractivity (Wildman–Crippen MR) is 84.4 cm³/mol. The highest BCUT2D eigenvalue weighted by Crippen LogP contribution is 2.25. The van der Waals surface area contributed by atoms with E-state index in [4.69, 9.17) is 0 Å². The number of fused-ring (bicyclic) bond motifs is 1. The molecule has 2 heterocycles. The van der Waals surface area contributed by atoms with Crippen molar-refractivity contribution in [2.45, 2.75) is 26.3 Å². The van der Waals surface area contributed by atoms with Gasteiger partial charge < -0.3 is 5.32 Å². The molecule has 3 rings (SSSR count). The van der Waals surface area contributed by atoms with Gasteiger partial charge in [-0.25, -0.2) is 4.52 Å². The Kier molecular flexibility index (Phi) is 3.71. The summed E-state index contributed by atoms with van der Waals surface area (Å²) >= 11 is 0.